The molecule has 0 aliphatic carbocycles. The fourth-order valence-corrected chi connectivity index (χ4v) is 2.82. The van der Waals surface area contributed by atoms with Crippen LogP contribution in [-0.2, 0) is 11.3 Å². The van der Waals surface area contributed by atoms with Crippen molar-refractivity contribution in [2.24, 2.45) is 0 Å². The van der Waals surface area contributed by atoms with Gasteiger partial charge < -0.3 is 14.4 Å². The Bertz CT molecular complexity index is 604. The van der Waals surface area contributed by atoms with Gasteiger partial charge in [0.05, 0.1) is 12.6 Å². The van der Waals surface area contributed by atoms with Crippen molar-refractivity contribution in [2.75, 3.05) is 26.2 Å². The number of carbonyl (C=O) groups is 1. The molecule has 1 atom stereocenters. The smallest absolute Gasteiger partial charge is 0.219 e. The molecule has 2 aromatic rings. The lowest BCUT2D eigenvalue weighted by Gasteiger charge is -2.19. The molecule has 0 saturated carbocycles. The van der Waals surface area contributed by atoms with Gasteiger partial charge in [-0.2, -0.15) is 0 Å². The highest BCUT2D eigenvalue weighted by Gasteiger charge is 2.23. The van der Waals surface area contributed by atoms with Crippen LogP contribution in [0.1, 0.15) is 12.7 Å². The van der Waals surface area contributed by atoms with E-state index in [1.54, 1.807) is 11.8 Å². The molecule has 21 heavy (non-hydrogen) atoms. The zero-order valence-corrected chi connectivity index (χ0v) is 12.2. The van der Waals surface area contributed by atoms with Gasteiger partial charge in [-0.1, -0.05) is 18.2 Å². The van der Waals surface area contributed by atoms with Crippen LogP contribution in [-0.4, -0.2) is 53.1 Å². The molecule has 2 heterocycles. The normalized spacial score (nSPS) is 20.7. The van der Waals surface area contributed by atoms with Crippen LogP contribution < -0.4 is 0 Å². The second-order valence-corrected chi connectivity index (χ2v) is 5.60. The highest BCUT2D eigenvalue weighted by molar-refractivity contribution is 5.77. The number of amides is 1. The second-order valence-electron chi connectivity index (χ2n) is 5.60. The van der Waals surface area contributed by atoms with Crippen LogP contribution in [0, 0.1) is 0 Å². The Morgan fingerprint density at radius 1 is 1.33 bits per heavy atom. The topological polar surface area (TPSA) is 56.9 Å². The van der Waals surface area contributed by atoms with Crippen molar-refractivity contribution in [1.82, 2.24) is 9.80 Å². The average molecular weight is 288 g/mol. The van der Waals surface area contributed by atoms with Crippen molar-refractivity contribution in [1.29, 1.82) is 0 Å². The lowest BCUT2D eigenvalue weighted by molar-refractivity contribution is -0.129. The molecule has 1 fully saturated rings. The van der Waals surface area contributed by atoms with Crippen molar-refractivity contribution in [3.63, 3.8) is 0 Å². The third-order valence-electron chi connectivity index (χ3n) is 3.89. The molecule has 1 saturated heterocycles. The number of para-hydroxylation sites is 1. The Balaban J connectivity index is 1.70. The molecule has 1 aliphatic rings. The zero-order valence-electron chi connectivity index (χ0n) is 12.2. The van der Waals surface area contributed by atoms with Crippen LogP contribution >= 0.6 is 0 Å². The van der Waals surface area contributed by atoms with Gasteiger partial charge in [0, 0.05) is 38.5 Å². The summed E-state index contributed by atoms with van der Waals surface area (Å²) in [5, 5.41) is 11.1. The Hall–Kier alpha value is -1.85. The second kappa shape index (κ2) is 5.87. The first kappa shape index (κ1) is 14.1. The van der Waals surface area contributed by atoms with E-state index in [2.05, 4.69) is 4.90 Å². The summed E-state index contributed by atoms with van der Waals surface area (Å²) >= 11 is 0. The third kappa shape index (κ3) is 3.25. The van der Waals surface area contributed by atoms with E-state index < -0.39 is 6.10 Å². The van der Waals surface area contributed by atoms with Gasteiger partial charge in [-0.25, -0.2) is 0 Å². The number of fused-ring (bicyclic) bond motifs is 1. The fraction of sp³-hybridized carbons (Fsp3) is 0.438. The molecule has 0 spiro atoms. The van der Waals surface area contributed by atoms with E-state index in [1.165, 1.54) is 0 Å². The number of hydrogen-bond acceptors (Lipinski definition) is 4. The summed E-state index contributed by atoms with van der Waals surface area (Å²) in [5.74, 6) is 0.902. The van der Waals surface area contributed by atoms with E-state index in [-0.39, 0.29) is 5.91 Å². The number of β-amino-alcohol motifs (C(OH)–C–C–N with tert-alkyl or cyclic N) is 1. The Labute approximate surface area is 123 Å². The minimum atomic E-state index is -0.513. The maximum Gasteiger partial charge on any atom is 0.219 e. The van der Waals surface area contributed by atoms with E-state index >= 15 is 0 Å². The van der Waals surface area contributed by atoms with Crippen LogP contribution in [0.25, 0.3) is 11.0 Å². The van der Waals surface area contributed by atoms with Gasteiger partial charge >= 0.3 is 0 Å². The first-order chi connectivity index (χ1) is 10.1. The van der Waals surface area contributed by atoms with E-state index in [0.29, 0.717) is 26.2 Å². The first-order valence-corrected chi connectivity index (χ1v) is 7.25. The van der Waals surface area contributed by atoms with Crippen LogP contribution in [0.3, 0.4) is 0 Å². The molecule has 0 bridgehead atoms. The van der Waals surface area contributed by atoms with Crippen molar-refractivity contribution in [3.8, 4) is 0 Å². The maximum absolute atomic E-state index is 11.5. The third-order valence-corrected chi connectivity index (χ3v) is 3.89. The predicted molar refractivity (Wildman–Crippen MR) is 79.8 cm³/mol. The molecule has 0 unspecified atom stereocenters. The molecule has 5 nitrogen and oxygen atoms in total. The number of furan rings is 1. The van der Waals surface area contributed by atoms with Crippen LogP contribution in [0.5, 0.6) is 0 Å². The van der Waals surface area contributed by atoms with Crippen molar-refractivity contribution >= 4 is 16.9 Å². The molecule has 1 aromatic carbocycles. The van der Waals surface area contributed by atoms with Gasteiger partial charge in [-0.3, -0.25) is 9.69 Å². The van der Waals surface area contributed by atoms with Crippen LogP contribution in [0.15, 0.2) is 34.7 Å². The van der Waals surface area contributed by atoms with E-state index in [0.717, 1.165) is 23.3 Å². The van der Waals surface area contributed by atoms with Crippen LogP contribution in [0.4, 0.5) is 0 Å². The van der Waals surface area contributed by atoms with Gasteiger partial charge in [0.2, 0.25) is 5.91 Å². The van der Waals surface area contributed by atoms with Crippen LogP contribution in [0.2, 0.25) is 0 Å². The standard InChI is InChI=1S/C16H20N2O3/c1-12(19)18-7-6-17(9-14(20)10-18)11-15-8-13-4-2-3-5-16(13)21-15/h2-5,8,14,20H,6-7,9-11H2,1H3/t14-/m0/s1. The number of hydrogen-bond donors (Lipinski definition) is 1. The maximum atomic E-state index is 11.5. The molecule has 1 N–H and O–H groups in total. The highest BCUT2D eigenvalue weighted by atomic mass is 16.3. The molecule has 1 amide bonds. The summed E-state index contributed by atoms with van der Waals surface area (Å²) in [4.78, 5) is 15.3. The largest absolute Gasteiger partial charge is 0.460 e. The van der Waals surface area contributed by atoms with Crippen molar-refractivity contribution in [2.45, 2.75) is 19.6 Å². The Kier molecular flexibility index (Phi) is 3.94. The van der Waals surface area contributed by atoms with E-state index in [4.69, 9.17) is 4.42 Å². The zero-order chi connectivity index (χ0) is 14.8. The quantitative estimate of drug-likeness (QED) is 0.909. The number of nitrogens with zero attached hydrogens (tertiary/aromatic N) is 2. The van der Waals surface area contributed by atoms with Gasteiger partial charge in [-0.15, -0.1) is 0 Å². The van der Waals surface area contributed by atoms with Gasteiger partial charge in [0.15, 0.2) is 0 Å². The van der Waals surface area contributed by atoms with E-state index in [9.17, 15) is 9.90 Å². The molecule has 1 aliphatic heterocycles. The molecule has 3 rings (SSSR count). The first-order valence-electron chi connectivity index (χ1n) is 7.25. The summed E-state index contributed by atoms with van der Waals surface area (Å²) in [7, 11) is 0. The SMILES string of the molecule is CC(=O)N1CCN(Cc2cc3ccccc3o2)C[C@H](O)C1. The molecule has 5 heteroatoms. The minimum Gasteiger partial charge on any atom is -0.460 e. The van der Waals surface area contributed by atoms with E-state index in [1.807, 2.05) is 30.3 Å². The van der Waals surface area contributed by atoms with Crippen molar-refractivity contribution in [3.05, 3.63) is 36.1 Å². The number of carbonyl (C=O) groups excluding carboxylic acids is 1. The Morgan fingerprint density at radius 3 is 2.90 bits per heavy atom. The lowest BCUT2D eigenvalue weighted by Crippen LogP contribution is -2.36. The average Bonchev–Trinajstić information content (AvgIpc) is 2.75. The highest BCUT2D eigenvalue weighted by Crippen LogP contribution is 2.20. The summed E-state index contributed by atoms with van der Waals surface area (Å²) in [6.07, 6.45) is -0.513. The fourth-order valence-electron chi connectivity index (χ4n) is 2.82. The summed E-state index contributed by atoms with van der Waals surface area (Å²) in [5.41, 5.74) is 0.883. The molecule has 1 aromatic heterocycles. The van der Waals surface area contributed by atoms with Gasteiger partial charge in [0.25, 0.3) is 0 Å². The number of benzene rings is 1. The Morgan fingerprint density at radius 2 is 2.14 bits per heavy atom. The summed E-state index contributed by atoms with van der Waals surface area (Å²) in [6.45, 7) is 4.55. The molecular formula is C16H20N2O3. The monoisotopic (exact) mass is 288 g/mol. The minimum absolute atomic E-state index is 0.0136. The number of rotatable bonds is 2. The molecule has 0 radical (unpaired) electrons. The van der Waals surface area contributed by atoms with Gasteiger partial charge in [-0.05, 0) is 12.1 Å². The number of aliphatic hydroxyl groups is 1. The predicted octanol–water partition coefficient (Wildman–Crippen LogP) is 1.46. The van der Waals surface area contributed by atoms with Gasteiger partial charge in [0.1, 0.15) is 11.3 Å². The van der Waals surface area contributed by atoms with Crippen molar-refractivity contribution < 1.29 is 14.3 Å². The lowest BCUT2D eigenvalue weighted by atomic mass is 10.2. The molecule has 112 valence electrons. The summed E-state index contributed by atoms with van der Waals surface area (Å²) < 4.78 is 5.82. The summed E-state index contributed by atoms with van der Waals surface area (Å²) in [6, 6.07) is 9.96. The molecular weight excluding hydrogens is 268 g/mol. The number of aliphatic hydroxyl groups excluding tert-OH is 1.